The van der Waals surface area contributed by atoms with Crippen LogP contribution in [0, 0.1) is 0 Å². The van der Waals surface area contributed by atoms with Crippen molar-refractivity contribution in [1.29, 1.82) is 0 Å². The molecule has 5 nitrogen and oxygen atoms in total. The largest absolute Gasteiger partial charge is 0.347 e. The third-order valence-corrected chi connectivity index (χ3v) is 5.95. The van der Waals surface area contributed by atoms with Crippen molar-refractivity contribution in [3.63, 3.8) is 0 Å². The van der Waals surface area contributed by atoms with Crippen molar-refractivity contribution >= 4 is 39.4 Å². The normalized spacial score (nSPS) is 17.0. The van der Waals surface area contributed by atoms with Gasteiger partial charge in [0.1, 0.15) is 5.82 Å². The molecule has 2 aromatic carbocycles. The van der Waals surface area contributed by atoms with Gasteiger partial charge in [0.15, 0.2) is 0 Å². The van der Waals surface area contributed by atoms with Gasteiger partial charge in [-0.1, -0.05) is 29.8 Å². The molecule has 0 spiro atoms. The zero-order valence-electron chi connectivity index (χ0n) is 15.4. The van der Waals surface area contributed by atoms with Crippen molar-refractivity contribution in [3.05, 3.63) is 65.6 Å². The van der Waals surface area contributed by atoms with Crippen molar-refractivity contribution in [3.8, 4) is 0 Å². The fourth-order valence-electron chi connectivity index (χ4n) is 4.22. The molecule has 1 fully saturated rings. The number of benzene rings is 2. The summed E-state index contributed by atoms with van der Waals surface area (Å²) in [4.78, 5) is 23.1. The third kappa shape index (κ3) is 2.96. The quantitative estimate of drug-likeness (QED) is 0.535. The number of carbonyl (C=O) groups is 1. The summed E-state index contributed by atoms with van der Waals surface area (Å²) in [5.41, 5.74) is 3.04. The highest BCUT2D eigenvalue weighted by molar-refractivity contribution is 6.35. The van der Waals surface area contributed by atoms with Crippen LogP contribution >= 0.6 is 11.6 Å². The number of fused-ring (bicyclic) bond motifs is 2. The van der Waals surface area contributed by atoms with Gasteiger partial charge in [0, 0.05) is 41.6 Å². The van der Waals surface area contributed by atoms with Crippen molar-refractivity contribution in [2.75, 3.05) is 6.54 Å². The number of carbonyl (C=O) groups excluding carboxylic acids is 1. The SMILES string of the molecule is O=C(CCn1ccc2c(Cl)cccc21)N1CCC[C@@H]1c1nc2ccccc2[nH]1. The van der Waals surface area contributed by atoms with E-state index in [1.165, 1.54) is 0 Å². The van der Waals surface area contributed by atoms with E-state index in [1.54, 1.807) is 0 Å². The number of para-hydroxylation sites is 2. The Bertz CT molecular complexity index is 1130. The van der Waals surface area contributed by atoms with Gasteiger partial charge in [-0.2, -0.15) is 0 Å². The zero-order chi connectivity index (χ0) is 19.1. The predicted octanol–water partition coefficient (Wildman–Crippen LogP) is 4.92. The number of hydrogen-bond donors (Lipinski definition) is 1. The Morgan fingerprint density at radius 2 is 2.07 bits per heavy atom. The topological polar surface area (TPSA) is 53.9 Å². The summed E-state index contributed by atoms with van der Waals surface area (Å²) in [6, 6.07) is 15.9. The van der Waals surface area contributed by atoms with Crippen LogP contribution < -0.4 is 0 Å². The molecular formula is C22H21ClN4O. The molecule has 6 heteroatoms. The van der Waals surface area contributed by atoms with Crippen LogP contribution in [0.1, 0.15) is 31.1 Å². The van der Waals surface area contributed by atoms with Gasteiger partial charge in [0.05, 0.1) is 17.1 Å². The van der Waals surface area contributed by atoms with Gasteiger partial charge in [0.2, 0.25) is 5.91 Å². The Morgan fingerprint density at radius 1 is 1.18 bits per heavy atom. The number of aromatic amines is 1. The lowest BCUT2D eigenvalue weighted by Crippen LogP contribution is -2.31. The number of hydrogen-bond acceptors (Lipinski definition) is 2. The highest BCUT2D eigenvalue weighted by Crippen LogP contribution is 2.32. The fraction of sp³-hybridized carbons (Fsp3) is 0.273. The molecule has 1 amide bonds. The highest BCUT2D eigenvalue weighted by atomic mass is 35.5. The van der Waals surface area contributed by atoms with Crippen LogP contribution in [0.4, 0.5) is 0 Å². The van der Waals surface area contributed by atoms with E-state index in [9.17, 15) is 4.79 Å². The summed E-state index contributed by atoms with van der Waals surface area (Å²) >= 11 is 6.26. The first-order valence-electron chi connectivity index (χ1n) is 9.68. The van der Waals surface area contributed by atoms with Gasteiger partial charge in [-0.25, -0.2) is 4.98 Å². The molecule has 4 aromatic rings. The van der Waals surface area contributed by atoms with E-state index in [1.807, 2.05) is 59.6 Å². The fourth-order valence-corrected chi connectivity index (χ4v) is 4.45. The third-order valence-electron chi connectivity index (χ3n) is 5.62. The second-order valence-corrected chi connectivity index (χ2v) is 7.72. The first kappa shape index (κ1) is 17.3. The molecule has 1 atom stereocenters. The number of aryl methyl sites for hydroxylation is 1. The standard InChI is InChI=1S/C22H21ClN4O/c23-16-5-3-8-19-15(16)10-13-26(19)14-11-21(28)27-12-4-9-20(27)22-24-17-6-1-2-7-18(17)25-22/h1-3,5-8,10,13,20H,4,9,11-12,14H2,(H,24,25)/t20-/m1/s1. The number of imidazole rings is 1. The van der Waals surface area contributed by atoms with Gasteiger partial charge in [-0.05, 0) is 43.2 Å². The van der Waals surface area contributed by atoms with Crippen molar-refractivity contribution in [1.82, 2.24) is 19.4 Å². The first-order chi connectivity index (χ1) is 13.7. The molecule has 5 rings (SSSR count). The molecule has 0 bridgehead atoms. The van der Waals surface area contributed by atoms with Crippen molar-refractivity contribution in [2.45, 2.75) is 31.8 Å². The minimum Gasteiger partial charge on any atom is -0.347 e. The summed E-state index contributed by atoms with van der Waals surface area (Å²) in [6.45, 7) is 1.44. The number of likely N-dealkylation sites (tertiary alicyclic amines) is 1. The van der Waals surface area contributed by atoms with E-state index in [-0.39, 0.29) is 11.9 Å². The van der Waals surface area contributed by atoms with E-state index >= 15 is 0 Å². The maximum Gasteiger partial charge on any atom is 0.224 e. The van der Waals surface area contributed by atoms with E-state index in [0.717, 1.165) is 52.2 Å². The average Bonchev–Trinajstić information content (AvgIpc) is 3.43. The molecule has 1 saturated heterocycles. The van der Waals surface area contributed by atoms with Gasteiger partial charge < -0.3 is 14.5 Å². The Balaban J connectivity index is 1.33. The van der Waals surface area contributed by atoms with E-state index in [2.05, 4.69) is 9.55 Å². The molecule has 142 valence electrons. The molecule has 1 aliphatic rings. The summed E-state index contributed by atoms with van der Waals surface area (Å²) < 4.78 is 2.10. The maximum atomic E-state index is 13.0. The highest BCUT2D eigenvalue weighted by Gasteiger charge is 2.31. The minimum atomic E-state index is 0.0377. The molecule has 0 radical (unpaired) electrons. The van der Waals surface area contributed by atoms with E-state index in [0.29, 0.717) is 13.0 Å². The smallest absolute Gasteiger partial charge is 0.224 e. The molecule has 28 heavy (non-hydrogen) atoms. The Kier molecular flexibility index (Phi) is 4.32. The molecule has 2 aromatic heterocycles. The van der Waals surface area contributed by atoms with E-state index in [4.69, 9.17) is 16.6 Å². The monoisotopic (exact) mass is 392 g/mol. The van der Waals surface area contributed by atoms with Crippen LogP contribution in [0.15, 0.2) is 54.7 Å². The van der Waals surface area contributed by atoms with Crippen molar-refractivity contribution < 1.29 is 4.79 Å². The molecular weight excluding hydrogens is 372 g/mol. The molecule has 0 aliphatic carbocycles. The second kappa shape index (κ2) is 6.99. The lowest BCUT2D eigenvalue weighted by molar-refractivity contribution is -0.132. The summed E-state index contributed by atoms with van der Waals surface area (Å²) in [7, 11) is 0. The number of aromatic nitrogens is 3. The summed E-state index contributed by atoms with van der Waals surface area (Å²) in [5, 5.41) is 1.77. The second-order valence-electron chi connectivity index (χ2n) is 7.32. The zero-order valence-corrected chi connectivity index (χ0v) is 16.2. The van der Waals surface area contributed by atoms with Gasteiger partial charge in [-0.3, -0.25) is 4.79 Å². The predicted molar refractivity (Wildman–Crippen MR) is 111 cm³/mol. The van der Waals surface area contributed by atoms with Crippen molar-refractivity contribution in [2.24, 2.45) is 0 Å². The number of nitrogens with zero attached hydrogens (tertiary/aromatic N) is 3. The summed E-state index contributed by atoms with van der Waals surface area (Å²) in [6.07, 6.45) is 4.43. The Labute approximate surface area is 167 Å². The Morgan fingerprint density at radius 3 is 2.96 bits per heavy atom. The van der Waals surface area contributed by atoms with Crippen LogP contribution in [0.25, 0.3) is 21.9 Å². The van der Waals surface area contributed by atoms with Crippen LogP contribution in [0.5, 0.6) is 0 Å². The number of halogens is 1. The van der Waals surface area contributed by atoms with Gasteiger partial charge in [0.25, 0.3) is 0 Å². The number of nitrogens with one attached hydrogen (secondary N) is 1. The molecule has 1 N–H and O–H groups in total. The molecule has 0 saturated carbocycles. The minimum absolute atomic E-state index is 0.0377. The average molecular weight is 393 g/mol. The molecule has 1 aliphatic heterocycles. The summed E-state index contributed by atoms with van der Waals surface area (Å²) in [5.74, 6) is 1.07. The van der Waals surface area contributed by atoms with Gasteiger partial charge in [-0.15, -0.1) is 0 Å². The number of H-pyrrole nitrogens is 1. The van der Waals surface area contributed by atoms with Crippen LogP contribution in [-0.2, 0) is 11.3 Å². The van der Waals surface area contributed by atoms with E-state index < -0.39 is 0 Å². The number of amides is 1. The first-order valence-corrected chi connectivity index (χ1v) is 10.1. The Hall–Kier alpha value is -2.79. The molecule has 0 unspecified atom stereocenters. The lowest BCUT2D eigenvalue weighted by atomic mass is 10.2. The lowest BCUT2D eigenvalue weighted by Gasteiger charge is -2.23. The molecule has 3 heterocycles. The van der Waals surface area contributed by atoms with Crippen LogP contribution in [0.2, 0.25) is 5.02 Å². The van der Waals surface area contributed by atoms with Crippen LogP contribution in [-0.4, -0.2) is 31.9 Å². The van der Waals surface area contributed by atoms with Crippen LogP contribution in [0.3, 0.4) is 0 Å². The maximum absolute atomic E-state index is 13.0. The number of rotatable bonds is 4. The van der Waals surface area contributed by atoms with Gasteiger partial charge >= 0.3 is 0 Å².